The van der Waals surface area contributed by atoms with Crippen molar-refractivity contribution in [3.63, 3.8) is 0 Å². The molecule has 0 spiro atoms. The van der Waals surface area contributed by atoms with Crippen LogP contribution in [0.5, 0.6) is 0 Å². The van der Waals surface area contributed by atoms with E-state index in [1.165, 1.54) is 4.90 Å². The van der Waals surface area contributed by atoms with E-state index in [2.05, 4.69) is 10.0 Å². The highest BCUT2D eigenvalue weighted by Crippen LogP contribution is 2.23. The topological polar surface area (TPSA) is 95.4 Å². The Bertz CT molecular complexity index is 857. The Hall–Kier alpha value is -3.15. The second kappa shape index (κ2) is 8.98. The van der Waals surface area contributed by atoms with E-state index in [0.29, 0.717) is 12.2 Å². The lowest BCUT2D eigenvalue weighted by Gasteiger charge is -2.29. The molecular formula is C20H20N4O3. The quantitative estimate of drug-likeness (QED) is 0.339. The third kappa shape index (κ3) is 4.53. The van der Waals surface area contributed by atoms with Gasteiger partial charge in [0.1, 0.15) is 0 Å². The van der Waals surface area contributed by atoms with E-state index in [4.69, 9.17) is 10.3 Å². The number of hydrogen-bond acceptors (Lipinski definition) is 4. The predicted molar refractivity (Wildman–Crippen MR) is 101 cm³/mol. The maximum Gasteiger partial charge on any atom is 0.261 e. The van der Waals surface area contributed by atoms with Gasteiger partial charge in [0.2, 0.25) is 0 Å². The Morgan fingerprint density at radius 2 is 1.81 bits per heavy atom. The van der Waals surface area contributed by atoms with Gasteiger partial charge in [0.05, 0.1) is 18.3 Å². The number of amides is 2. The van der Waals surface area contributed by atoms with Crippen LogP contribution in [0.2, 0.25) is 0 Å². The summed E-state index contributed by atoms with van der Waals surface area (Å²) in [6, 6.07) is 15.1. The van der Waals surface area contributed by atoms with Crippen LogP contribution in [0.4, 0.5) is 5.69 Å². The number of rotatable bonds is 5. The lowest BCUT2D eigenvalue weighted by Crippen LogP contribution is -2.43. The molecule has 0 radical (unpaired) electrons. The Morgan fingerprint density at radius 1 is 1.07 bits per heavy atom. The minimum Gasteiger partial charge on any atom is -0.376 e. The summed E-state index contributed by atoms with van der Waals surface area (Å²) in [7, 11) is 0. The molecule has 0 aromatic heterocycles. The largest absolute Gasteiger partial charge is 0.376 e. The first-order chi connectivity index (χ1) is 13.2. The number of carbonyl (C=O) groups is 2. The number of benzene rings is 2. The van der Waals surface area contributed by atoms with Gasteiger partial charge in [0.25, 0.3) is 11.8 Å². The molecule has 0 saturated carbocycles. The molecule has 0 N–H and O–H groups in total. The van der Waals surface area contributed by atoms with Crippen LogP contribution in [0.15, 0.2) is 59.7 Å². The molecule has 1 fully saturated rings. The highest BCUT2D eigenvalue weighted by Gasteiger charge is 2.29. The standard InChI is InChI=1S/C20H20N4O3/c21-23-22-18-12-5-4-11-17(18)20(26)24(14-16-10-6-7-13-27-16)19(25)15-8-2-1-3-9-15/h1-5,8-9,11-12,16H,6-7,10,13-14H2. The monoisotopic (exact) mass is 364 g/mol. The van der Waals surface area contributed by atoms with Crippen LogP contribution in [0.25, 0.3) is 10.4 Å². The molecule has 7 heteroatoms. The van der Waals surface area contributed by atoms with Crippen LogP contribution in [0.3, 0.4) is 0 Å². The third-order valence-corrected chi connectivity index (χ3v) is 4.46. The number of hydrogen-bond donors (Lipinski definition) is 0. The summed E-state index contributed by atoms with van der Waals surface area (Å²) in [6.07, 6.45) is 2.59. The first-order valence-electron chi connectivity index (χ1n) is 8.87. The van der Waals surface area contributed by atoms with Gasteiger partial charge in [-0.05, 0) is 43.0 Å². The van der Waals surface area contributed by atoms with Crippen molar-refractivity contribution in [3.8, 4) is 0 Å². The third-order valence-electron chi connectivity index (χ3n) is 4.46. The zero-order valence-electron chi connectivity index (χ0n) is 14.8. The fraction of sp³-hybridized carbons (Fsp3) is 0.300. The normalized spacial score (nSPS) is 16.2. The second-order valence-corrected chi connectivity index (χ2v) is 6.28. The van der Waals surface area contributed by atoms with Gasteiger partial charge in [-0.2, -0.15) is 0 Å². The number of carbonyl (C=O) groups excluding carboxylic acids is 2. The first-order valence-corrected chi connectivity index (χ1v) is 8.87. The van der Waals surface area contributed by atoms with Crippen molar-refractivity contribution in [2.24, 2.45) is 5.11 Å². The molecule has 2 aromatic rings. The molecule has 1 heterocycles. The van der Waals surface area contributed by atoms with Crippen LogP contribution in [0, 0.1) is 0 Å². The van der Waals surface area contributed by atoms with Crippen molar-refractivity contribution in [1.82, 2.24) is 4.90 Å². The van der Waals surface area contributed by atoms with Gasteiger partial charge in [-0.25, -0.2) is 0 Å². The van der Waals surface area contributed by atoms with Gasteiger partial charge in [-0.15, -0.1) is 0 Å². The van der Waals surface area contributed by atoms with Crippen molar-refractivity contribution >= 4 is 17.5 Å². The average Bonchev–Trinajstić information content (AvgIpc) is 2.73. The SMILES string of the molecule is [N-]=[N+]=Nc1ccccc1C(=O)N(CC1CCCCO1)C(=O)c1ccccc1. The number of imide groups is 1. The molecular weight excluding hydrogens is 344 g/mol. The molecule has 0 aliphatic carbocycles. The highest BCUT2D eigenvalue weighted by molar-refractivity contribution is 6.12. The summed E-state index contributed by atoms with van der Waals surface area (Å²) < 4.78 is 5.73. The molecule has 2 aromatic carbocycles. The molecule has 0 bridgehead atoms. The second-order valence-electron chi connectivity index (χ2n) is 6.28. The molecule has 1 aliphatic rings. The van der Waals surface area contributed by atoms with Crippen LogP contribution in [-0.2, 0) is 4.74 Å². The lowest BCUT2D eigenvalue weighted by atomic mass is 10.1. The van der Waals surface area contributed by atoms with E-state index in [1.54, 1.807) is 48.5 Å². The van der Waals surface area contributed by atoms with Gasteiger partial charge >= 0.3 is 0 Å². The molecule has 1 aliphatic heterocycles. The zero-order valence-corrected chi connectivity index (χ0v) is 14.8. The molecule has 138 valence electrons. The van der Waals surface area contributed by atoms with Crippen LogP contribution in [0.1, 0.15) is 40.0 Å². The maximum atomic E-state index is 13.2. The summed E-state index contributed by atoms with van der Waals surface area (Å²) in [4.78, 5) is 30.2. The number of nitrogens with zero attached hydrogens (tertiary/aromatic N) is 4. The maximum absolute atomic E-state index is 13.2. The van der Waals surface area contributed by atoms with Crippen LogP contribution < -0.4 is 0 Å². The number of ether oxygens (including phenoxy) is 1. The molecule has 1 atom stereocenters. The van der Waals surface area contributed by atoms with E-state index in [0.717, 1.165) is 19.3 Å². The summed E-state index contributed by atoms with van der Waals surface area (Å²) in [6.45, 7) is 0.790. The average molecular weight is 364 g/mol. The Morgan fingerprint density at radius 3 is 2.52 bits per heavy atom. The fourth-order valence-electron chi connectivity index (χ4n) is 3.08. The van der Waals surface area contributed by atoms with E-state index < -0.39 is 11.8 Å². The van der Waals surface area contributed by atoms with Gasteiger partial charge in [-0.1, -0.05) is 41.5 Å². The lowest BCUT2D eigenvalue weighted by molar-refractivity contribution is -0.00226. The van der Waals surface area contributed by atoms with Gasteiger partial charge < -0.3 is 4.74 Å². The Kier molecular flexibility index (Phi) is 6.20. The van der Waals surface area contributed by atoms with Crippen molar-refractivity contribution in [3.05, 3.63) is 76.2 Å². The van der Waals surface area contributed by atoms with Crippen LogP contribution >= 0.6 is 0 Å². The Labute approximate surface area is 157 Å². The molecule has 27 heavy (non-hydrogen) atoms. The van der Waals surface area contributed by atoms with Crippen molar-refractivity contribution < 1.29 is 14.3 Å². The Balaban J connectivity index is 1.94. The summed E-state index contributed by atoms with van der Waals surface area (Å²) >= 11 is 0. The number of azide groups is 1. The highest BCUT2D eigenvalue weighted by atomic mass is 16.5. The summed E-state index contributed by atoms with van der Waals surface area (Å²) in [5, 5.41) is 3.58. The zero-order chi connectivity index (χ0) is 19.1. The fourth-order valence-corrected chi connectivity index (χ4v) is 3.08. The molecule has 2 amide bonds. The summed E-state index contributed by atoms with van der Waals surface area (Å²) in [5.74, 6) is -0.897. The molecule has 1 saturated heterocycles. The van der Waals surface area contributed by atoms with Crippen molar-refractivity contribution in [1.29, 1.82) is 0 Å². The van der Waals surface area contributed by atoms with Gasteiger partial charge in [0.15, 0.2) is 0 Å². The molecule has 7 nitrogen and oxygen atoms in total. The van der Waals surface area contributed by atoms with E-state index >= 15 is 0 Å². The predicted octanol–water partition coefficient (Wildman–Crippen LogP) is 4.48. The summed E-state index contributed by atoms with van der Waals surface area (Å²) in [5.41, 5.74) is 9.56. The minimum absolute atomic E-state index is 0.164. The van der Waals surface area contributed by atoms with Crippen molar-refractivity contribution in [2.75, 3.05) is 13.2 Å². The smallest absolute Gasteiger partial charge is 0.261 e. The van der Waals surface area contributed by atoms with E-state index in [9.17, 15) is 9.59 Å². The van der Waals surface area contributed by atoms with Crippen LogP contribution in [-0.4, -0.2) is 36.0 Å². The first kappa shape index (κ1) is 18.6. The molecule has 1 unspecified atom stereocenters. The molecule has 3 rings (SSSR count). The van der Waals surface area contributed by atoms with E-state index in [-0.39, 0.29) is 23.9 Å². The van der Waals surface area contributed by atoms with Gasteiger partial charge in [0, 0.05) is 22.6 Å². The van der Waals surface area contributed by atoms with Gasteiger partial charge in [-0.3, -0.25) is 14.5 Å². The minimum atomic E-state index is -0.499. The van der Waals surface area contributed by atoms with Crippen molar-refractivity contribution in [2.45, 2.75) is 25.4 Å². The van der Waals surface area contributed by atoms with E-state index in [1.807, 2.05) is 6.07 Å².